The lowest BCUT2D eigenvalue weighted by atomic mass is 10.1. The van der Waals surface area contributed by atoms with Gasteiger partial charge in [-0.15, -0.1) is 0 Å². The average Bonchev–Trinajstić information content (AvgIpc) is 3.16. The predicted molar refractivity (Wildman–Crippen MR) is 83.0 cm³/mol. The van der Waals surface area contributed by atoms with Gasteiger partial charge in [0.05, 0.1) is 0 Å². The van der Waals surface area contributed by atoms with Crippen molar-refractivity contribution in [1.29, 1.82) is 0 Å². The highest BCUT2D eigenvalue weighted by Crippen LogP contribution is 2.18. The predicted octanol–water partition coefficient (Wildman–Crippen LogP) is 1.96. The minimum atomic E-state index is 0.117. The van der Waals surface area contributed by atoms with Crippen LogP contribution in [-0.4, -0.2) is 35.0 Å². The Hall–Kier alpha value is -2.07. The third-order valence-corrected chi connectivity index (χ3v) is 4.15. The topological polar surface area (TPSA) is 51.3 Å². The van der Waals surface area contributed by atoms with E-state index in [9.17, 15) is 4.79 Å². The van der Waals surface area contributed by atoms with Crippen LogP contribution in [-0.2, 0) is 6.54 Å². The SMILES string of the molecule is NCC1CCN(C(=O)c2cccn2Cc2ccccc2)C1. The first-order valence-corrected chi connectivity index (χ1v) is 7.46. The molecule has 0 saturated carbocycles. The minimum Gasteiger partial charge on any atom is -0.339 e. The van der Waals surface area contributed by atoms with Crippen LogP contribution in [0, 0.1) is 5.92 Å². The number of carbonyl (C=O) groups is 1. The summed E-state index contributed by atoms with van der Waals surface area (Å²) in [5, 5.41) is 0. The highest BCUT2D eigenvalue weighted by atomic mass is 16.2. The van der Waals surface area contributed by atoms with E-state index in [-0.39, 0.29) is 5.91 Å². The number of likely N-dealkylation sites (tertiary alicyclic amines) is 1. The van der Waals surface area contributed by atoms with E-state index in [4.69, 9.17) is 5.73 Å². The fourth-order valence-corrected chi connectivity index (χ4v) is 2.90. The second-order valence-corrected chi connectivity index (χ2v) is 5.65. The minimum absolute atomic E-state index is 0.117. The summed E-state index contributed by atoms with van der Waals surface area (Å²) < 4.78 is 2.02. The van der Waals surface area contributed by atoms with Crippen LogP contribution in [0.1, 0.15) is 22.5 Å². The molecule has 0 radical (unpaired) electrons. The van der Waals surface area contributed by atoms with Gasteiger partial charge in [-0.25, -0.2) is 0 Å². The normalized spacial score (nSPS) is 18.1. The summed E-state index contributed by atoms with van der Waals surface area (Å²) in [6.07, 6.45) is 2.98. The van der Waals surface area contributed by atoms with E-state index in [1.165, 1.54) is 5.56 Å². The molecule has 1 aromatic carbocycles. The zero-order valence-electron chi connectivity index (χ0n) is 12.1. The van der Waals surface area contributed by atoms with E-state index < -0.39 is 0 Å². The zero-order valence-corrected chi connectivity index (χ0v) is 12.1. The van der Waals surface area contributed by atoms with Gasteiger partial charge in [0, 0.05) is 25.8 Å². The summed E-state index contributed by atoms with van der Waals surface area (Å²) >= 11 is 0. The van der Waals surface area contributed by atoms with Crippen molar-refractivity contribution >= 4 is 5.91 Å². The Morgan fingerprint density at radius 1 is 1.19 bits per heavy atom. The van der Waals surface area contributed by atoms with Gasteiger partial charge in [-0.2, -0.15) is 0 Å². The van der Waals surface area contributed by atoms with Crippen molar-refractivity contribution in [3.8, 4) is 0 Å². The van der Waals surface area contributed by atoms with Crippen LogP contribution in [0.25, 0.3) is 0 Å². The van der Waals surface area contributed by atoms with E-state index in [2.05, 4.69) is 12.1 Å². The van der Waals surface area contributed by atoms with Gasteiger partial charge >= 0.3 is 0 Å². The molecule has 2 N–H and O–H groups in total. The molecule has 4 nitrogen and oxygen atoms in total. The fraction of sp³-hybridized carbons (Fsp3) is 0.353. The molecule has 1 atom stereocenters. The summed E-state index contributed by atoms with van der Waals surface area (Å²) in [4.78, 5) is 14.6. The lowest BCUT2D eigenvalue weighted by molar-refractivity contribution is 0.0777. The molecule has 1 aromatic heterocycles. The number of aromatic nitrogens is 1. The molecule has 110 valence electrons. The van der Waals surface area contributed by atoms with Crippen LogP contribution in [0.2, 0.25) is 0 Å². The number of hydrogen-bond acceptors (Lipinski definition) is 2. The summed E-state index contributed by atoms with van der Waals surface area (Å²) in [6, 6.07) is 14.0. The summed E-state index contributed by atoms with van der Waals surface area (Å²) in [7, 11) is 0. The number of carbonyl (C=O) groups excluding carboxylic acids is 1. The van der Waals surface area contributed by atoms with Gasteiger partial charge in [0.25, 0.3) is 5.91 Å². The maximum atomic E-state index is 12.6. The van der Waals surface area contributed by atoms with Crippen molar-refractivity contribution in [2.24, 2.45) is 11.7 Å². The zero-order chi connectivity index (χ0) is 14.7. The first kappa shape index (κ1) is 13.9. The van der Waals surface area contributed by atoms with Crippen LogP contribution in [0.15, 0.2) is 48.7 Å². The molecule has 3 rings (SSSR count). The molecular formula is C17H21N3O. The van der Waals surface area contributed by atoms with Gasteiger partial charge in [-0.3, -0.25) is 4.79 Å². The molecule has 1 aliphatic heterocycles. The van der Waals surface area contributed by atoms with Crippen molar-refractivity contribution in [2.45, 2.75) is 13.0 Å². The van der Waals surface area contributed by atoms with Gasteiger partial charge in [-0.1, -0.05) is 30.3 Å². The molecule has 21 heavy (non-hydrogen) atoms. The summed E-state index contributed by atoms with van der Waals surface area (Å²) in [6.45, 7) is 2.99. The lowest BCUT2D eigenvalue weighted by Gasteiger charge is -2.18. The number of rotatable bonds is 4. The quantitative estimate of drug-likeness (QED) is 0.932. The van der Waals surface area contributed by atoms with E-state index in [1.54, 1.807) is 0 Å². The highest BCUT2D eigenvalue weighted by molar-refractivity contribution is 5.93. The molecular weight excluding hydrogens is 262 g/mol. The number of benzene rings is 1. The maximum absolute atomic E-state index is 12.6. The molecule has 1 aliphatic rings. The van der Waals surface area contributed by atoms with Crippen molar-refractivity contribution in [3.63, 3.8) is 0 Å². The van der Waals surface area contributed by atoms with E-state index in [0.29, 0.717) is 12.5 Å². The fourth-order valence-electron chi connectivity index (χ4n) is 2.90. The molecule has 4 heteroatoms. The molecule has 2 heterocycles. The van der Waals surface area contributed by atoms with Gasteiger partial charge in [-0.05, 0) is 36.6 Å². The molecule has 1 fully saturated rings. The molecule has 0 spiro atoms. The number of hydrogen-bond donors (Lipinski definition) is 1. The van der Waals surface area contributed by atoms with Crippen LogP contribution < -0.4 is 5.73 Å². The molecule has 1 saturated heterocycles. The largest absolute Gasteiger partial charge is 0.339 e. The first-order chi connectivity index (χ1) is 10.3. The van der Waals surface area contributed by atoms with E-state index in [0.717, 1.165) is 31.7 Å². The lowest BCUT2D eigenvalue weighted by Crippen LogP contribution is -2.31. The Morgan fingerprint density at radius 3 is 2.71 bits per heavy atom. The van der Waals surface area contributed by atoms with Crippen LogP contribution in [0.4, 0.5) is 0 Å². The summed E-state index contributed by atoms with van der Waals surface area (Å²) in [5.41, 5.74) is 7.66. The average molecular weight is 283 g/mol. The van der Waals surface area contributed by atoms with Gasteiger partial charge in [0.15, 0.2) is 0 Å². The third kappa shape index (κ3) is 3.00. The van der Waals surface area contributed by atoms with E-state index in [1.807, 2.05) is 46.0 Å². The second-order valence-electron chi connectivity index (χ2n) is 5.65. The Labute approximate surface area is 125 Å². The second kappa shape index (κ2) is 6.14. The van der Waals surface area contributed by atoms with Gasteiger partial charge in [0.1, 0.15) is 5.69 Å². The monoisotopic (exact) mass is 283 g/mol. The smallest absolute Gasteiger partial charge is 0.270 e. The van der Waals surface area contributed by atoms with Gasteiger partial charge < -0.3 is 15.2 Å². The number of amides is 1. The maximum Gasteiger partial charge on any atom is 0.270 e. The van der Waals surface area contributed by atoms with Crippen molar-refractivity contribution in [3.05, 3.63) is 59.9 Å². The third-order valence-electron chi connectivity index (χ3n) is 4.15. The first-order valence-electron chi connectivity index (χ1n) is 7.46. The van der Waals surface area contributed by atoms with Crippen LogP contribution >= 0.6 is 0 Å². The molecule has 1 unspecified atom stereocenters. The Balaban J connectivity index is 1.75. The Morgan fingerprint density at radius 2 is 2.00 bits per heavy atom. The van der Waals surface area contributed by atoms with Crippen LogP contribution in [0.5, 0.6) is 0 Å². The highest BCUT2D eigenvalue weighted by Gasteiger charge is 2.27. The van der Waals surface area contributed by atoms with E-state index >= 15 is 0 Å². The molecule has 0 aliphatic carbocycles. The van der Waals surface area contributed by atoms with Crippen molar-refractivity contribution in [2.75, 3.05) is 19.6 Å². The number of nitrogens with zero attached hydrogens (tertiary/aromatic N) is 2. The van der Waals surface area contributed by atoms with Crippen LogP contribution in [0.3, 0.4) is 0 Å². The van der Waals surface area contributed by atoms with Gasteiger partial charge in [0.2, 0.25) is 0 Å². The molecule has 0 bridgehead atoms. The standard InChI is InChI=1S/C17H21N3O/c18-11-15-8-10-20(13-15)17(21)16-7-4-9-19(16)12-14-5-2-1-3-6-14/h1-7,9,15H,8,10-13,18H2. The van der Waals surface area contributed by atoms with Crippen molar-refractivity contribution < 1.29 is 4.79 Å². The van der Waals surface area contributed by atoms with Crippen molar-refractivity contribution in [1.82, 2.24) is 9.47 Å². The molecule has 2 aromatic rings. The summed E-state index contributed by atoms with van der Waals surface area (Å²) in [5.74, 6) is 0.568. The Bertz CT molecular complexity index is 606. The molecule has 1 amide bonds. The Kier molecular flexibility index (Phi) is 4.06. The number of nitrogens with two attached hydrogens (primary N) is 1.